The van der Waals surface area contributed by atoms with Crippen LogP contribution < -0.4 is 27.0 Å². The number of aromatic amines is 1. The van der Waals surface area contributed by atoms with Gasteiger partial charge in [-0.2, -0.15) is 8.78 Å². The Morgan fingerprint density at radius 1 is 0.802 bits per heavy atom. The molecule has 24 heteroatoms. The quantitative estimate of drug-likeness (QED) is 0.0180. The number of nitrogens with two attached hydrogens (primary N) is 1. The number of primary amides is 1. The predicted molar refractivity (Wildman–Crippen MR) is 310 cm³/mol. The lowest BCUT2D eigenvalue weighted by atomic mass is 9.98. The van der Waals surface area contributed by atoms with Crippen molar-refractivity contribution in [1.82, 2.24) is 41.0 Å². The first-order valence-corrected chi connectivity index (χ1v) is 30.5. The molecule has 4 aliphatic rings. The van der Waals surface area contributed by atoms with E-state index in [9.17, 15) is 61.5 Å². The standard InChI is InChI=1S/C62H68F2N9O12P/c63-62(64,86(83,84)85)42-24-26-46-41(34-42)35-48(66-46)57(78)68-49-37-71(54(76)23-14-6-4-2-1-3-5-9-16-38-21-15-22-44-45(38)36-72(60(44)81)50-29-31-53(75)69-58(50)79)33-32-43-25-28-51(73(43)61(49)82)59(80)67-47(27-30-52(65)74)56(77)70-55(39-17-10-7-11-18-39)40-19-12-8-13-20-40/h7-8,10-13,15,17-22,24,26,34-35,43,47,49-51,55,66H,1-6,14,23,25,27-33,36-37H2,(H2,65,74)(H,67,80)(H,68,78)(H,70,77)(H,69,75,79)(H2,83,84,85)/t43-,47+,49+,50?,51+/m1/s1. The molecule has 0 saturated carbocycles. The molecule has 9 rings (SSSR count). The lowest BCUT2D eigenvalue weighted by Crippen LogP contribution is -2.62. The van der Waals surface area contributed by atoms with Gasteiger partial charge in [-0.1, -0.05) is 110 Å². The van der Waals surface area contributed by atoms with Gasteiger partial charge in [-0.25, -0.2) is 0 Å². The maximum Gasteiger partial charge on any atom is 0.399 e. The molecule has 5 aromatic rings. The number of aromatic nitrogens is 1. The normalized spacial score (nSPS) is 19.2. The van der Waals surface area contributed by atoms with E-state index in [0.29, 0.717) is 30.4 Å². The van der Waals surface area contributed by atoms with E-state index in [0.717, 1.165) is 67.0 Å². The van der Waals surface area contributed by atoms with Gasteiger partial charge in [0.25, 0.3) is 11.8 Å². The Bertz CT molecular complexity index is 3490. The fraction of sp³-hybridized carbons (Fsp3) is 0.403. The number of H-pyrrole nitrogens is 1. The number of hydrogen-bond donors (Lipinski definition) is 8. The fourth-order valence-electron chi connectivity index (χ4n) is 11.7. The number of fused-ring (bicyclic) bond motifs is 3. The molecule has 4 aliphatic heterocycles. The molecule has 3 saturated heterocycles. The van der Waals surface area contributed by atoms with E-state index in [-0.39, 0.29) is 98.9 Å². The SMILES string of the molecule is NC(=O)CC[C@H](NC(=O)[C@@H]1CC[C@@H]2CCN(C(=O)CCCCCCCCC#Cc3cccc4c3CN(C3CCC(=O)NC3=O)C4=O)C[C@H](NC(=O)c3cc4cc(C(F)(F)P(=O)(O)O)ccc4[nH]3)C(=O)N21)C(=O)NC(c1ccccc1)c1ccccc1. The highest BCUT2D eigenvalue weighted by atomic mass is 31.2. The molecule has 9 N–H and O–H groups in total. The number of nitrogens with one attached hydrogen (secondary N) is 5. The molecule has 0 bridgehead atoms. The Morgan fingerprint density at radius 3 is 2.19 bits per heavy atom. The number of unbranched alkanes of at least 4 members (excludes halogenated alkanes) is 6. The number of imide groups is 1. The molecule has 0 spiro atoms. The minimum Gasteiger partial charge on any atom is -0.370 e. The summed E-state index contributed by atoms with van der Waals surface area (Å²) in [5.41, 5.74) is 3.45. The first kappa shape index (κ1) is 62.0. The monoisotopic (exact) mass is 1200 g/mol. The van der Waals surface area contributed by atoms with Gasteiger partial charge in [0.1, 0.15) is 29.9 Å². The summed E-state index contributed by atoms with van der Waals surface area (Å²) in [5, 5.41) is 10.8. The van der Waals surface area contributed by atoms with Crippen molar-refractivity contribution in [3.8, 4) is 11.8 Å². The van der Waals surface area contributed by atoms with Crippen LogP contribution in [-0.4, -0.2) is 126 Å². The number of carbonyl (C=O) groups is 9. The molecule has 1 unspecified atom stereocenters. The Morgan fingerprint density at radius 2 is 1.50 bits per heavy atom. The first-order chi connectivity index (χ1) is 41.2. The molecule has 86 heavy (non-hydrogen) atoms. The molecule has 0 radical (unpaired) electrons. The highest BCUT2D eigenvalue weighted by molar-refractivity contribution is 7.52. The van der Waals surface area contributed by atoms with E-state index < -0.39 is 90.5 Å². The largest absolute Gasteiger partial charge is 0.399 e. The number of nitrogens with zero attached hydrogens (tertiary/aromatic N) is 3. The minimum atomic E-state index is -5.93. The van der Waals surface area contributed by atoms with Crippen LogP contribution in [0.5, 0.6) is 0 Å². The number of carbonyl (C=O) groups excluding carboxylic acids is 9. The van der Waals surface area contributed by atoms with Crippen molar-refractivity contribution < 1.29 is 66.3 Å². The molecule has 4 aromatic carbocycles. The van der Waals surface area contributed by atoms with E-state index in [2.05, 4.69) is 38.1 Å². The van der Waals surface area contributed by atoms with Crippen LogP contribution in [0.15, 0.2) is 103 Å². The summed E-state index contributed by atoms with van der Waals surface area (Å²) < 4.78 is 41.2. The minimum absolute atomic E-state index is 0.00802. The molecule has 5 atom stereocenters. The highest BCUT2D eigenvalue weighted by Gasteiger charge is 2.51. The smallest absolute Gasteiger partial charge is 0.370 e. The van der Waals surface area contributed by atoms with Crippen molar-refractivity contribution in [2.45, 2.75) is 145 Å². The predicted octanol–water partition coefficient (Wildman–Crippen LogP) is 5.67. The zero-order valence-electron chi connectivity index (χ0n) is 47.1. The third kappa shape index (κ3) is 14.4. The maximum atomic E-state index is 15.0. The van der Waals surface area contributed by atoms with E-state index in [1.54, 1.807) is 12.1 Å². The second-order valence-electron chi connectivity index (χ2n) is 22.2. The molecular formula is C62H68F2N9O12P. The van der Waals surface area contributed by atoms with Crippen molar-refractivity contribution in [2.24, 2.45) is 5.73 Å². The van der Waals surface area contributed by atoms with E-state index in [1.807, 2.05) is 66.7 Å². The lowest BCUT2D eigenvalue weighted by Gasteiger charge is -2.39. The molecule has 21 nitrogen and oxygen atoms in total. The Balaban J connectivity index is 0.839. The van der Waals surface area contributed by atoms with E-state index in [1.165, 1.54) is 20.8 Å². The van der Waals surface area contributed by atoms with Crippen molar-refractivity contribution in [2.75, 3.05) is 13.1 Å². The summed E-state index contributed by atoms with van der Waals surface area (Å²) in [6.07, 6.45) is 6.18. The maximum absolute atomic E-state index is 15.0. The molecule has 1 aromatic heterocycles. The Kier molecular flexibility index (Phi) is 19.6. The lowest BCUT2D eigenvalue weighted by molar-refractivity contribution is -0.145. The molecule has 9 amide bonds. The Hall–Kier alpha value is -8.58. The molecule has 0 aliphatic carbocycles. The first-order valence-electron chi connectivity index (χ1n) is 28.9. The summed E-state index contributed by atoms with van der Waals surface area (Å²) in [6.45, 7) is 0.0873. The zero-order valence-corrected chi connectivity index (χ0v) is 48.0. The fourth-order valence-corrected chi connectivity index (χ4v) is 12.2. The van der Waals surface area contributed by atoms with Gasteiger partial charge in [-0.15, -0.1) is 0 Å². The van der Waals surface area contributed by atoms with Crippen LogP contribution in [-0.2, 0) is 50.3 Å². The van der Waals surface area contributed by atoms with Gasteiger partial charge in [-0.05, 0) is 92.0 Å². The van der Waals surface area contributed by atoms with Gasteiger partial charge in [0.05, 0.1) is 6.04 Å². The van der Waals surface area contributed by atoms with Gasteiger partial charge in [0, 0.05) is 79.0 Å². The van der Waals surface area contributed by atoms with Gasteiger partial charge >= 0.3 is 13.3 Å². The van der Waals surface area contributed by atoms with E-state index >= 15 is 4.79 Å². The van der Waals surface area contributed by atoms with Gasteiger partial charge in [0.2, 0.25) is 41.4 Å². The number of amides is 9. The summed E-state index contributed by atoms with van der Waals surface area (Å²) in [5.74, 6) is 1.46. The number of benzene rings is 4. The van der Waals surface area contributed by atoms with Crippen LogP contribution in [0.25, 0.3) is 10.9 Å². The second kappa shape index (κ2) is 27.2. The van der Waals surface area contributed by atoms with Gasteiger partial charge in [-0.3, -0.25) is 53.0 Å². The number of rotatable bonds is 22. The zero-order chi connectivity index (χ0) is 61.3. The van der Waals surface area contributed by atoms with Gasteiger partial charge < -0.3 is 51.2 Å². The third-order valence-corrected chi connectivity index (χ3v) is 17.3. The number of alkyl halides is 2. The Labute approximate surface area is 494 Å². The summed E-state index contributed by atoms with van der Waals surface area (Å²) in [4.78, 5) is 148. The van der Waals surface area contributed by atoms with Crippen molar-refractivity contribution in [1.29, 1.82) is 0 Å². The summed E-state index contributed by atoms with van der Waals surface area (Å²) in [6, 6.07) is 21.8. The van der Waals surface area contributed by atoms with Crippen LogP contribution in [0.1, 0.15) is 151 Å². The second-order valence-corrected chi connectivity index (χ2v) is 23.9. The molecule has 5 heterocycles. The molecule has 452 valence electrons. The average molecular weight is 1200 g/mol. The molecule has 3 fully saturated rings. The van der Waals surface area contributed by atoms with Gasteiger partial charge in [0.15, 0.2) is 0 Å². The number of hydrogen-bond acceptors (Lipinski definition) is 10. The van der Waals surface area contributed by atoms with Crippen LogP contribution in [0.3, 0.4) is 0 Å². The summed E-state index contributed by atoms with van der Waals surface area (Å²) in [7, 11) is -5.93. The average Bonchev–Trinajstić information content (AvgIpc) is 2.52. The van der Waals surface area contributed by atoms with Crippen molar-refractivity contribution in [3.63, 3.8) is 0 Å². The number of piperidine rings is 1. The van der Waals surface area contributed by atoms with Crippen molar-refractivity contribution >= 4 is 71.7 Å². The number of halogens is 2. The molecular weight excluding hydrogens is 1130 g/mol. The topological polar surface area (TPSA) is 311 Å². The van der Waals surface area contributed by atoms with Crippen molar-refractivity contribution in [3.05, 3.63) is 142 Å². The highest BCUT2D eigenvalue weighted by Crippen LogP contribution is 2.59. The van der Waals surface area contributed by atoms with Crippen LogP contribution in [0.2, 0.25) is 0 Å². The van der Waals surface area contributed by atoms with Crippen LogP contribution in [0.4, 0.5) is 8.78 Å². The van der Waals surface area contributed by atoms with Crippen LogP contribution >= 0.6 is 7.60 Å². The summed E-state index contributed by atoms with van der Waals surface area (Å²) >= 11 is 0. The third-order valence-electron chi connectivity index (χ3n) is 16.3. The van der Waals surface area contributed by atoms with Crippen LogP contribution in [0, 0.1) is 11.8 Å². The van der Waals surface area contributed by atoms with E-state index in [4.69, 9.17) is 5.73 Å².